The molecule has 2 aliphatic carbocycles. The van der Waals surface area contributed by atoms with Crippen LogP contribution in [0.5, 0.6) is 0 Å². The number of nitriles is 1. The smallest absolute Gasteiger partial charge is 0.408 e. The van der Waals surface area contributed by atoms with E-state index in [0.29, 0.717) is 17.2 Å². The molecular weight excluding hydrogens is 522 g/mol. The molecule has 1 amide bonds. The van der Waals surface area contributed by atoms with E-state index < -0.39 is 23.8 Å². The van der Waals surface area contributed by atoms with E-state index in [9.17, 15) is 14.9 Å². The molecule has 11 heteroatoms. The van der Waals surface area contributed by atoms with Gasteiger partial charge in [-0.3, -0.25) is 4.68 Å². The second-order valence-corrected chi connectivity index (χ2v) is 12.4. The van der Waals surface area contributed by atoms with Gasteiger partial charge < -0.3 is 24.5 Å². The number of anilines is 1. The Morgan fingerprint density at radius 1 is 1.24 bits per heavy atom. The van der Waals surface area contributed by atoms with Crippen LogP contribution in [0.2, 0.25) is 0 Å². The molecular formula is C30H37N7O4. The molecule has 3 aromatic heterocycles. The Labute approximate surface area is 239 Å². The van der Waals surface area contributed by atoms with Gasteiger partial charge in [0.15, 0.2) is 0 Å². The van der Waals surface area contributed by atoms with E-state index in [1.165, 1.54) is 0 Å². The fraction of sp³-hybridized carbons (Fsp3) is 0.533. The number of carbonyl (C=O) groups excluding carboxylic acids is 2. The van der Waals surface area contributed by atoms with Crippen LogP contribution in [0.3, 0.4) is 0 Å². The summed E-state index contributed by atoms with van der Waals surface area (Å²) in [6.45, 7) is 9.16. The highest BCUT2D eigenvalue weighted by Crippen LogP contribution is 2.41. The average Bonchev–Trinajstić information content (AvgIpc) is 3.78. The summed E-state index contributed by atoms with van der Waals surface area (Å²) in [5, 5.41) is 20.0. The number of carbonyl (C=O) groups is 1. The van der Waals surface area contributed by atoms with Crippen LogP contribution in [0.4, 0.5) is 10.5 Å². The number of imidazole rings is 1. The van der Waals surface area contributed by atoms with E-state index in [1.54, 1.807) is 39.2 Å². The second kappa shape index (κ2) is 11.0. The number of hydrogen-bond donors (Lipinski definition) is 2. The Hall–Kier alpha value is -4.13. The SMILES string of the molecule is C[C@@H](OC1(C)CC1)[C@@H](NC(=O)OC(C)(C)C)C(=C=O)Nc1cnn(C(CC2CC2)c2cnc3ccc(C#N)cn23)c1. The van der Waals surface area contributed by atoms with Crippen molar-refractivity contribution < 1.29 is 19.1 Å². The van der Waals surface area contributed by atoms with E-state index in [-0.39, 0.29) is 17.3 Å². The number of fused-ring (bicyclic) bond motifs is 1. The van der Waals surface area contributed by atoms with Crippen molar-refractivity contribution in [1.82, 2.24) is 24.5 Å². The van der Waals surface area contributed by atoms with Gasteiger partial charge in [0.2, 0.25) is 0 Å². The van der Waals surface area contributed by atoms with Gasteiger partial charge in [0, 0.05) is 12.4 Å². The predicted octanol–water partition coefficient (Wildman–Crippen LogP) is 4.77. The molecule has 0 radical (unpaired) electrons. The third-order valence-electron chi connectivity index (χ3n) is 7.45. The Kier molecular flexibility index (Phi) is 7.64. The van der Waals surface area contributed by atoms with E-state index in [0.717, 1.165) is 43.4 Å². The monoisotopic (exact) mass is 559 g/mol. The first kappa shape index (κ1) is 28.4. The summed E-state index contributed by atoms with van der Waals surface area (Å²) in [6, 6.07) is 4.82. The van der Waals surface area contributed by atoms with Crippen molar-refractivity contribution in [1.29, 1.82) is 5.26 Å². The fourth-order valence-corrected chi connectivity index (χ4v) is 4.91. The molecule has 0 aromatic carbocycles. The lowest BCUT2D eigenvalue weighted by Gasteiger charge is -2.29. The summed E-state index contributed by atoms with van der Waals surface area (Å²) in [6.07, 6.45) is 10.9. The quantitative estimate of drug-likeness (QED) is 0.321. The molecule has 5 rings (SSSR count). The molecule has 2 saturated carbocycles. The summed E-state index contributed by atoms with van der Waals surface area (Å²) < 4.78 is 15.5. The number of nitrogens with one attached hydrogen (secondary N) is 2. The maximum Gasteiger partial charge on any atom is 0.408 e. The maximum absolute atomic E-state index is 12.7. The fourth-order valence-electron chi connectivity index (χ4n) is 4.91. The van der Waals surface area contributed by atoms with Gasteiger partial charge in [0.1, 0.15) is 35.0 Å². The molecule has 2 aliphatic rings. The third kappa shape index (κ3) is 6.96. The Bertz CT molecular complexity index is 1510. The van der Waals surface area contributed by atoms with Crippen LogP contribution in [0.15, 0.2) is 42.6 Å². The molecule has 1 unspecified atom stereocenters. The molecule has 216 valence electrons. The van der Waals surface area contributed by atoms with Gasteiger partial charge >= 0.3 is 6.09 Å². The molecule has 3 aromatic rings. The lowest BCUT2D eigenvalue weighted by molar-refractivity contribution is -0.0245. The van der Waals surface area contributed by atoms with E-state index in [4.69, 9.17) is 9.47 Å². The van der Waals surface area contributed by atoms with Crippen molar-refractivity contribution in [2.75, 3.05) is 5.32 Å². The van der Waals surface area contributed by atoms with Crippen LogP contribution >= 0.6 is 0 Å². The van der Waals surface area contributed by atoms with Gasteiger partial charge in [-0.25, -0.2) is 14.6 Å². The summed E-state index contributed by atoms with van der Waals surface area (Å²) in [7, 11) is 0. The average molecular weight is 560 g/mol. The van der Waals surface area contributed by atoms with E-state index in [1.807, 2.05) is 47.3 Å². The largest absolute Gasteiger partial charge is 0.444 e. The third-order valence-corrected chi connectivity index (χ3v) is 7.45. The number of rotatable bonds is 11. The lowest BCUT2D eigenvalue weighted by Crippen LogP contribution is -2.49. The zero-order valence-corrected chi connectivity index (χ0v) is 24.2. The number of hydrogen-bond acceptors (Lipinski definition) is 8. The van der Waals surface area contributed by atoms with Gasteiger partial charge in [0.05, 0.1) is 47.1 Å². The highest BCUT2D eigenvalue weighted by Gasteiger charge is 2.42. The standard InChI is InChI=1S/C30H37N7O4/c1-19(40-30(5)10-11-30)27(35-28(39)41-29(2,3)4)23(18-38)34-22-14-33-37(17-22)24(12-20-6-7-20)25-15-32-26-9-8-21(13-31)16-36(25)26/h8-9,14-17,19-20,24,27,34H,6-7,10-12H2,1-5H3,(H,35,39)/t19-,24?,27-/m1/s1. The van der Waals surface area contributed by atoms with Gasteiger partial charge in [-0.2, -0.15) is 10.4 Å². The minimum absolute atomic E-state index is 0.111. The number of pyridine rings is 1. The van der Waals surface area contributed by atoms with Crippen LogP contribution in [0, 0.1) is 17.2 Å². The van der Waals surface area contributed by atoms with Crippen molar-refractivity contribution in [3.63, 3.8) is 0 Å². The molecule has 11 nitrogen and oxygen atoms in total. The molecule has 0 saturated heterocycles. The van der Waals surface area contributed by atoms with Crippen molar-refractivity contribution >= 4 is 23.4 Å². The highest BCUT2D eigenvalue weighted by atomic mass is 16.6. The minimum Gasteiger partial charge on any atom is -0.444 e. The summed E-state index contributed by atoms with van der Waals surface area (Å²) in [5.41, 5.74) is 1.92. The van der Waals surface area contributed by atoms with Gasteiger partial charge in [-0.1, -0.05) is 12.8 Å². The first-order valence-corrected chi connectivity index (χ1v) is 14.1. The number of aromatic nitrogens is 4. The molecule has 41 heavy (non-hydrogen) atoms. The lowest BCUT2D eigenvalue weighted by atomic mass is 10.1. The number of alkyl carbamates (subject to hydrolysis) is 1. The van der Waals surface area contributed by atoms with Crippen LogP contribution in [-0.4, -0.2) is 54.5 Å². The van der Waals surface area contributed by atoms with E-state index >= 15 is 0 Å². The normalized spacial score (nSPS) is 18.0. The molecule has 3 atom stereocenters. The van der Waals surface area contributed by atoms with Gasteiger partial charge in [0.25, 0.3) is 0 Å². The minimum atomic E-state index is -0.825. The van der Waals surface area contributed by atoms with Crippen LogP contribution in [-0.2, 0) is 14.3 Å². The Morgan fingerprint density at radius 3 is 2.63 bits per heavy atom. The molecule has 0 aliphatic heterocycles. The van der Waals surface area contributed by atoms with Crippen LogP contribution in [0.1, 0.15) is 84.0 Å². The van der Waals surface area contributed by atoms with Crippen LogP contribution < -0.4 is 10.6 Å². The van der Waals surface area contributed by atoms with Crippen molar-refractivity contribution in [3.8, 4) is 6.07 Å². The molecule has 3 heterocycles. The maximum atomic E-state index is 12.7. The number of amides is 1. The van der Waals surface area contributed by atoms with Gasteiger partial charge in [-0.05, 0) is 71.9 Å². The molecule has 2 fully saturated rings. The zero-order valence-electron chi connectivity index (χ0n) is 24.2. The number of nitrogens with zero attached hydrogens (tertiary/aromatic N) is 5. The molecule has 2 N–H and O–H groups in total. The predicted molar refractivity (Wildman–Crippen MR) is 152 cm³/mol. The Balaban J connectivity index is 1.39. The second-order valence-electron chi connectivity index (χ2n) is 12.4. The summed E-state index contributed by atoms with van der Waals surface area (Å²) >= 11 is 0. The number of ether oxygens (including phenoxy) is 2. The molecule has 0 spiro atoms. The Morgan fingerprint density at radius 2 is 2.00 bits per heavy atom. The zero-order chi connectivity index (χ0) is 29.4. The van der Waals surface area contributed by atoms with Crippen molar-refractivity contribution in [3.05, 3.63) is 53.9 Å². The van der Waals surface area contributed by atoms with Crippen molar-refractivity contribution in [2.24, 2.45) is 5.92 Å². The summed E-state index contributed by atoms with van der Waals surface area (Å²) in [4.78, 5) is 29.5. The first-order valence-electron chi connectivity index (χ1n) is 14.1. The topological polar surface area (TPSA) is 136 Å². The van der Waals surface area contributed by atoms with Gasteiger partial charge in [-0.15, -0.1) is 0 Å². The van der Waals surface area contributed by atoms with E-state index in [2.05, 4.69) is 26.8 Å². The van der Waals surface area contributed by atoms with Crippen LogP contribution in [0.25, 0.3) is 5.65 Å². The van der Waals surface area contributed by atoms with Crippen molar-refractivity contribution in [2.45, 2.75) is 96.1 Å². The highest BCUT2D eigenvalue weighted by molar-refractivity contribution is 5.71. The molecule has 0 bridgehead atoms. The first-order chi connectivity index (χ1) is 19.5. The summed E-state index contributed by atoms with van der Waals surface area (Å²) in [5.74, 6) is 2.56.